The van der Waals surface area contributed by atoms with Crippen molar-refractivity contribution in [2.45, 2.75) is 25.2 Å². The second kappa shape index (κ2) is 8.84. The molecule has 3 amide bonds. The van der Waals surface area contributed by atoms with Gasteiger partial charge in [0.05, 0.1) is 21.6 Å². The summed E-state index contributed by atoms with van der Waals surface area (Å²) >= 11 is 0. The van der Waals surface area contributed by atoms with Crippen molar-refractivity contribution in [3.63, 3.8) is 0 Å². The fraction of sp³-hybridized carbons (Fsp3) is 0.167. The lowest BCUT2D eigenvalue weighted by Crippen LogP contribution is -2.31. The predicted molar refractivity (Wildman–Crippen MR) is 125 cm³/mol. The number of hydrogen-bond acceptors (Lipinski definition) is 7. The highest BCUT2D eigenvalue weighted by molar-refractivity contribution is 7.92. The van der Waals surface area contributed by atoms with Crippen LogP contribution in [0.2, 0.25) is 0 Å². The molecule has 1 aromatic heterocycles. The lowest BCUT2D eigenvalue weighted by Gasteiger charge is -2.14. The summed E-state index contributed by atoms with van der Waals surface area (Å²) in [7, 11) is -4.18. The zero-order valence-corrected chi connectivity index (χ0v) is 19.6. The number of ketones is 1. The lowest BCUT2D eigenvalue weighted by molar-refractivity contribution is 0.0655. The Morgan fingerprint density at radius 2 is 1.54 bits per heavy atom. The monoisotopic (exact) mass is 495 g/mol. The Labute approximate surface area is 200 Å². The van der Waals surface area contributed by atoms with E-state index in [-0.39, 0.29) is 40.1 Å². The third-order valence-electron chi connectivity index (χ3n) is 5.65. The summed E-state index contributed by atoms with van der Waals surface area (Å²) in [6, 6.07) is 12.4. The number of anilines is 1. The Kier molecular flexibility index (Phi) is 6.03. The molecule has 3 N–H and O–H groups in total. The average molecular weight is 496 g/mol. The Morgan fingerprint density at radius 1 is 0.971 bits per heavy atom. The van der Waals surface area contributed by atoms with Crippen LogP contribution in [0, 0.1) is 6.92 Å². The van der Waals surface area contributed by atoms with Gasteiger partial charge in [0.1, 0.15) is 11.3 Å². The summed E-state index contributed by atoms with van der Waals surface area (Å²) in [4.78, 5) is 49.7. The molecule has 0 aliphatic carbocycles. The third kappa shape index (κ3) is 4.33. The Hall–Kier alpha value is -4.25. The number of nitrogens with two attached hydrogens (primary N) is 1. The van der Waals surface area contributed by atoms with E-state index < -0.39 is 27.6 Å². The molecule has 0 radical (unpaired) electrons. The van der Waals surface area contributed by atoms with E-state index in [2.05, 4.69) is 4.72 Å². The maximum absolute atomic E-state index is 12.9. The fourth-order valence-corrected chi connectivity index (χ4v) is 4.98. The van der Waals surface area contributed by atoms with Crippen molar-refractivity contribution >= 4 is 39.4 Å². The number of carbonyl (C=O) groups excluding carboxylic acids is 4. The predicted octanol–water partition coefficient (Wildman–Crippen LogP) is 2.53. The standard InChI is InChI=1S/C24H21N3O7S/c1-13(28)19-14(2)34-22(20(19)21(25)29)26-35(32,33)16-9-7-15(8-10-16)11-12-27-23(30)17-5-3-4-6-18(17)24(27)31/h3-10,26H,11-12H2,1-2H3,(H2,25,29). The van der Waals surface area contributed by atoms with E-state index in [4.69, 9.17) is 10.2 Å². The van der Waals surface area contributed by atoms with Gasteiger partial charge in [-0.1, -0.05) is 24.3 Å². The largest absolute Gasteiger partial charge is 0.443 e. The summed E-state index contributed by atoms with van der Waals surface area (Å²) in [6.07, 6.45) is 0.324. The number of benzene rings is 2. The van der Waals surface area contributed by atoms with Gasteiger partial charge in [-0.3, -0.25) is 24.1 Å². The normalized spacial score (nSPS) is 13.1. The summed E-state index contributed by atoms with van der Waals surface area (Å²) in [5, 5.41) is 0. The molecule has 0 saturated heterocycles. The topological polar surface area (TPSA) is 157 Å². The van der Waals surface area contributed by atoms with Gasteiger partial charge in [-0.25, -0.2) is 13.1 Å². The van der Waals surface area contributed by atoms with Crippen LogP contribution in [0.15, 0.2) is 57.8 Å². The Bertz CT molecular complexity index is 1450. The summed E-state index contributed by atoms with van der Waals surface area (Å²) in [5.41, 5.74) is 6.34. The van der Waals surface area contributed by atoms with Crippen LogP contribution in [0.5, 0.6) is 0 Å². The van der Waals surface area contributed by atoms with E-state index in [1.54, 1.807) is 36.4 Å². The number of aryl methyl sites for hydroxylation is 1. The molecule has 2 heterocycles. The molecule has 0 atom stereocenters. The first-order chi connectivity index (χ1) is 16.5. The lowest BCUT2D eigenvalue weighted by atomic mass is 10.1. The van der Waals surface area contributed by atoms with Crippen LogP contribution in [-0.2, 0) is 16.4 Å². The average Bonchev–Trinajstić information content (AvgIpc) is 3.26. The van der Waals surface area contributed by atoms with Crippen LogP contribution >= 0.6 is 0 Å². The molecular weight excluding hydrogens is 474 g/mol. The fourth-order valence-electron chi connectivity index (χ4n) is 3.97. The number of hydrogen-bond donors (Lipinski definition) is 2. The van der Waals surface area contributed by atoms with E-state index in [0.29, 0.717) is 23.1 Å². The number of fused-ring (bicyclic) bond motifs is 1. The molecule has 11 heteroatoms. The highest BCUT2D eigenvalue weighted by atomic mass is 32.2. The zero-order chi connectivity index (χ0) is 25.5. The van der Waals surface area contributed by atoms with Gasteiger partial charge in [0.15, 0.2) is 5.78 Å². The first-order valence-electron chi connectivity index (χ1n) is 10.5. The number of rotatable bonds is 8. The van der Waals surface area contributed by atoms with Gasteiger partial charge in [-0.2, -0.15) is 0 Å². The van der Waals surface area contributed by atoms with Crippen LogP contribution in [0.1, 0.15) is 59.7 Å². The van der Waals surface area contributed by atoms with E-state index in [0.717, 1.165) is 4.90 Å². The van der Waals surface area contributed by atoms with Crippen molar-refractivity contribution in [3.05, 3.63) is 82.1 Å². The first-order valence-corrected chi connectivity index (χ1v) is 12.0. The van der Waals surface area contributed by atoms with Gasteiger partial charge in [-0.15, -0.1) is 0 Å². The number of primary amides is 1. The minimum Gasteiger partial charge on any atom is -0.443 e. The molecule has 0 bridgehead atoms. The minimum absolute atomic E-state index is 0.0625. The van der Waals surface area contributed by atoms with Crippen molar-refractivity contribution in [3.8, 4) is 0 Å². The van der Waals surface area contributed by atoms with E-state index in [9.17, 15) is 27.6 Å². The molecule has 1 aliphatic heterocycles. The maximum atomic E-state index is 12.9. The van der Waals surface area contributed by atoms with Crippen molar-refractivity contribution in [1.82, 2.24) is 4.90 Å². The van der Waals surface area contributed by atoms with Crippen LogP contribution in [0.25, 0.3) is 0 Å². The number of nitrogens with zero attached hydrogens (tertiary/aromatic N) is 1. The quantitative estimate of drug-likeness (QED) is 0.359. The molecule has 1 aliphatic rings. The molecule has 0 spiro atoms. The van der Waals surface area contributed by atoms with Crippen LogP contribution in [0.3, 0.4) is 0 Å². The second-order valence-electron chi connectivity index (χ2n) is 7.96. The van der Waals surface area contributed by atoms with Crippen molar-refractivity contribution in [1.29, 1.82) is 0 Å². The van der Waals surface area contributed by atoms with E-state index >= 15 is 0 Å². The van der Waals surface area contributed by atoms with Gasteiger partial charge in [0, 0.05) is 6.54 Å². The number of Topliss-reactive ketones (excluding diaryl/α,β-unsaturated/α-hetero) is 1. The summed E-state index contributed by atoms with van der Waals surface area (Å²) in [5.74, 6) is -2.60. The van der Waals surface area contributed by atoms with Crippen LogP contribution in [-0.4, -0.2) is 43.4 Å². The number of imide groups is 1. The maximum Gasteiger partial charge on any atom is 0.264 e. The smallest absolute Gasteiger partial charge is 0.264 e. The molecular formula is C24H21N3O7S. The SMILES string of the molecule is CC(=O)c1c(C)oc(NS(=O)(=O)c2ccc(CCN3C(=O)c4ccccc4C3=O)cc2)c1C(N)=O. The number of amides is 3. The highest BCUT2D eigenvalue weighted by Crippen LogP contribution is 2.29. The molecule has 2 aromatic carbocycles. The van der Waals surface area contributed by atoms with Crippen LogP contribution in [0.4, 0.5) is 5.88 Å². The van der Waals surface area contributed by atoms with Crippen molar-refractivity contribution < 1.29 is 32.0 Å². The number of carbonyl (C=O) groups is 4. The third-order valence-corrected chi connectivity index (χ3v) is 6.99. The molecule has 35 heavy (non-hydrogen) atoms. The zero-order valence-electron chi connectivity index (χ0n) is 18.8. The van der Waals surface area contributed by atoms with Gasteiger partial charge in [0.2, 0.25) is 5.88 Å². The molecule has 3 aromatic rings. The molecule has 180 valence electrons. The number of sulfonamides is 1. The Balaban J connectivity index is 1.49. The summed E-state index contributed by atoms with van der Waals surface area (Å²) < 4.78 is 33.2. The van der Waals surface area contributed by atoms with Gasteiger partial charge < -0.3 is 10.2 Å². The molecule has 0 saturated carbocycles. The molecule has 4 rings (SSSR count). The molecule has 0 unspecified atom stereocenters. The summed E-state index contributed by atoms with van der Waals surface area (Å²) in [6.45, 7) is 2.77. The molecule has 0 fully saturated rings. The first kappa shape index (κ1) is 23.9. The van der Waals surface area contributed by atoms with E-state index in [1.165, 1.54) is 26.0 Å². The van der Waals surface area contributed by atoms with Gasteiger partial charge in [-0.05, 0) is 50.1 Å². The number of furan rings is 1. The minimum atomic E-state index is -4.18. The number of nitrogens with one attached hydrogen (secondary N) is 1. The van der Waals surface area contributed by atoms with Crippen molar-refractivity contribution in [2.24, 2.45) is 5.73 Å². The molecule has 10 nitrogen and oxygen atoms in total. The van der Waals surface area contributed by atoms with Crippen LogP contribution < -0.4 is 10.5 Å². The van der Waals surface area contributed by atoms with E-state index in [1.807, 2.05) is 0 Å². The second-order valence-corrected chi connectivity index (χ2v) is 9.65. The van der Waals surface area contributed by atoms with Gasteiger partial charge >= 0.3 is 0 Å². The van der Waals surface area contributed by atoms with Gasteiger partial charge in [0.25, 0.3) is 27.7 Å². The highest BCUT2D eigenvalue weighted by Gasteiger charge is 2.34. The van der Waals surface area contributed by atoms with Crippen molar-refractivity contribution in [2.75, 3.05) is 11.3 Å². The Morgan fingerprint density at radius 3 is 2.06 bits per heavy atom.